The summed E-state index contributed by atoms with van der Waals surface area (Å²) in [5.74, 6) is 0.698. The molecule has 0 fully saturated rings. The molecule has 0 bridgehead atoms. The summed E-state index contributed by atoms with van der Waals surface area (Å²) in [7, 11) is 0. The van der Waals surface area contributed by atoms with E-state index in [4.69, 9.17) is 9.72 Å². The van der Waals surface area contributed by atoms with Crippen LogP contribution in [0.1, 0.15) is 91.0 Å². The number of aromatic nitrogens is 3. The predicted molar refractivity (Wildman–Crippen MR) is 184 cm³/mol. The molecule has 4 aromatic rings. The number of benzene rings is 2. The summed E-state index contributed by atoms with van der Waals surface area (Å²) >= 11 is 0. The number of carbonyl (C=O) groups is 1. The van der Waals surface area contributed by atoms with E-state index in [0.717, 1.165) is 71.8 Å². The van der Waals surface area contributed by atoms with Gasteiger partial charge in [-0.1, -0.05) is 56.0 Å². The van der Waals surface area contributed by atoms with E-state index in [9.17, 15) is 4.79 Å². The van der Waals surface area contributed by atoms with Crippen molar-refractivity contribution in [3.8, 4) is 5.75 Å². The number of aryl methyl sites for hydroxylation is 4. The maximum atomic E-state index is 12.3. The molecular formula is C38H47N5O2. The molecule has 236 valence electrons. The fourth-order valence-corrected chi connectivity index (χ4v) is 5.91. The van der Waals surface area contributed by atoms with E-state index < -0.39 is 0 Å². The number of pyridine rings is 1. The van der Waals surface area contributed by atoms with E-state index in [1.165, 1.54) is 60.9 Å². The predicted octanol–water partition coefficient (Wildman–Crippen LogP) is 7.99. The number of anilines is 1. The molecule has 0 spiro atoms. The summed E-state index contributed by atoms with van der Waals surface area (Å²) in [6.45, 7) is 7.96. The van der Waals surface area contributed by atoms with Crippen LogP contribution < -0.4 is 15.4 Å². The zero-order chi connectivity index (χ0) is 31.4. The summed E-state index contributed by atoms with van der Waals surface area (Å²) < 4.78 is 5.90. The summed E-state index contributed by atoms with van der Waals surface area (Å²) in [4.78, 5) is 26.3. The van der Waals surface area contributed by atoms with E-state index in [2.05, 4.69) is 44.9 Å². The van der Waals surface area contributed by atoms with Crippen LogP contribution in [-0.2, 0) is 24.2 Å². The van der Waals surface area contributed by atoms with Crippen LogP contribution in [0.3, 0.4) is 0 Å². The highest BCUT2D eigenvalue weighted by molar-refractivity contribution is 5.93. The molecule has 0 atom stereocenters. The van der Waals surface area contributed by atoms with E-state index in [-0.39, 0.29) is 5.91 Å². The molecule has 2 aromatic carbocycles. The molecule has 45 heavy (non-hydrogen) atoms. The van der Waals surface area contributed by atoms with Gasteiger partial charge in [0.2, 0.25) is 5.91 Å². The molecule has 1 aliphatic rings. The van der Waals surface area contributed by atoms with Gasteiger partial charge >= 0.3 is 0 Å². The number of fused-ring (bicyclic) bond motifs is 2. The lowest BCUT2D eigenvalue weighted by Gasteiger charge is -2.21. The van der Waals surface area contributed by atoms with Crippen molar-refractivity contribution in [3.05, 3.63) is 94.2 Å². The second-order valence-corrected chi connectivity index (χ2v) is 12.1. The average Bonchev–Trinajstić information content (AvgIpc) is 3.05. The SMILES string of the molecule is Cc1nc(C)c(COc2ccc(/C=C/C(=O)NCCCCCCCCNc3c4c(nc5ccccc35)CCCC4)cc2)nc1C. The molecule has 7 nitrogen and oxygen atoms in total. The lowest BCUT2D eigenvalue weighted by Crippen LogP contribution is -2.21. The topological polar surface area (TPSA) is 89.0 Å². The minimum Gasteiger partial charge on any atom is -0.487 e. The molecule has 1 amide bonds. The number of hydrogen-bond acceptors (Lipinski definition) is 6. The van der Waals surface area contributed by atoms with Crippen molar-refractivity contribution >= 4 is 28.6 Å². The second kappa shape index (κ2) is 16.2. The third-order valence-corrected chi connectivity index (χ3v) is 8.64. The summed E-state index contributed by atoms with van der Waals surface area (Å²) in [6.07, 6.45) is 15.1. The van der Waals surface area contributed by atoms with E-state index in [1.807, 2.05) is 51.1 Å². The van der Waals surface area contributed by atoms with Crippen molar-refractivity contribution in [1.29, 1.82) is 0 Å². The quantitative estimate of drug-likeness (QED) is 0.105. The Morgan fingerprint density at radius 1 is 0.800 bits per heavy atom. The fraction of sp³-hybridized carbons (Fsp3) is 0.421. The third kappa shape index (κ3) is 9.13. The molecule has 2 N–H and O–H groups in total. The number of carbonyl (C=O) groups excluding carboxylic acids is 1. The number of nitrogens with one attached hydrogen (secondary N) is 2. The van der Waals surface area contributed by atoms with Crippen LogP contribution in [0, 0.1) is 20.8 Å². The lowest BCUT2D eigenvalue weighted by atomic mass is 9.92. The first-order valence-corrected chi connectivity index (χ1v) is 16.6. The largest absolute Gasteiger partial charge is 0.487 e. The highest BCUT2D eigenvalue weighted by atomic mass is 16.5. The monoisotopic (exact) mass is 605 g/mol. The highest BCUT2D eigenvalue weighted by Gasteiger charge is 2.17. The summed E-state index contributed by atoms with van der Waals surface area (Å²) in [5.41, 5.74) is 9.71. The number of nitrogens with zero attached hydrogens (tertiary/aromatic N) is 3. The fourth-order valence-electron chi connectivity index (χ4n) is 5.91. The minimum atomic E-state index is -0.0592. The molecule has 2 heterocycles. The number of amides is 1. The van der Waals surface area contributed by atoms with Crippen molar-refractivity contribution in [1.82, 2.24) is 20.3 Å². The van der Waals surface area contributed by atoms with Crippen molar-refractivity contribution in [2.75, 3.05) is 18.4 Å². The molecule has 0 saturated carbocycles. The number of unbranched alkanes of at least 4 members (excludes halogenated alkanes) is 5. The number of rotatable bonds is 15. The Hall–Kier alpha value is -4.26. The van der Waals surface area contributed by atoms with Gasteiger partial charge in [-0.25, -0.2) is 0 Å². The first-order chi connectivity index (χ1) is 22.0. The van der Waals surface area contributed by atoms with Gasteiger partial charge in [0.1, 0.15) is 12.4 Å². The molecule has 0 unspecified atom stereocenters. The number of hydrogen-bond donors (Lipinski definition) is 2. The molecule has 7 heteroatoms. The summed E-state index contributed by atoms with van der Waals surface area (Å²) in [5, 5.41) is 8.04. The van der Waals surface area contributed by atoms with Crippen molar-refractivity contribution in [2.24, 2.45) is 0 Å². The molecule has 5 rings (SSSR count). The van der Waals surface area contributed by atoms with Crippen molar-refractivity contribution < 1.29 is 9.53 Å². The van der Waals surface area contributed by atoms with Gasteiger partial charge in [-0.3, -0.25) is 19.7 Å². The standard InChI is InChI=1S/C38H47N5O2/c1-27-28(2)42-36(29(3)41-27)26-45-31-21-18-30(19-22-31)20-23-37(44)39-24-12-6-4-5-7-13-25-40-38-32-14-8-10-16-34(32)43-35-17-11-9-15-33(35)38/h8,10,14,16,18-23H,4-7,9,11-13,15,17,24-26H2,1-3H3,(H,39,44)(H,40,43)/b23-20+. The first kappa shape index (κ1) is 32.1. The van der Waals surface area contributed by atoms with Gasteiger partial charge in [0.15, 0.2) is 0 Å². The number of para-hydroxylation sites is 1. The Morgan fingerprint density at radius 3 is 2.33 bits per heavy atom. The van der Waals surface area contributed by atoms with Crippen molar-refractivity contribution in [2.45, 2.75) is 91.6 Å². The van der Waals surface area contributed by atoms with Gasteiger partial charge in [-0.2, -0.15) is 0 Å². The van der Waals surface area contributed by atoms with Gasteiger partial charge < -0.3 is 15.4 Å². The minimum absolute atomic E-state index is 0.0592. The van der Waals surface area contributed by atoms with E-state index >= 15 is 0 Å². The lowest BCUT2D eigenvalue weighted by molar-refractivity contribution is -0.116. The van der Waals surface area contributed by atoms with Gasteiger partial charge in [0.25, 0.3) is 0 Å². The van der Waals surface area contributed by atoms with Gasteiger partial charge in [-0.05, 0) is 94.7 Å². The van der Waals surface area contributed by atoms with Gasteiger partial charge in [-0.15, -0.1) is 0 Å². The maximum absolute atomic E-state index is 12.3. The Morgan fingerprint density at radius 2 is 1.51 bits per heavy atom. The Kier molecular flexibility index (Phi) is 11.5. The normalized spacial score (nSPS) is 12.8. The van der Waals surface area contributed by atoms with Crippen molar-refractivity contribution in [3.63, 3.8) is 0 Å². The van der Waals surface area contributed by atoms with Crippen LogP contribution >= 0.6 is 0 Å². The number of ether oxygens (including phenoxy) is 1. The van der Waals surface area contributed by atoms with Crippen LogP contribution in [0.2, 0.25) is 0 Å². The first-order valence-electron chi connectivity index (χ1n) is 16.6. The van der Waals surface area contributed by atoms with Crippen LogP contribution in [0.4, 0.5) is 5.69 Å². The van der Waals surface area contributed by atoms with Crippen LogP contribution in [0.5, 0.6) is 5.75 Å². The van der Waals surface area contributed by atoms with E-state index in [0.29, 0.717) is 13.2 Å². The zero-order valence-corrected chi connectivity index (χ0v) is 27.1. The molecule has 0 aliphatic heterocycles. The molecule has 0 saturated heterocycles. The Labute approximate surface area is 267 Å². The van der Waals surface area contributed by atoms with Crippen LogP contribution in [0.25, 0.3) is 17.0 Å². The zero-order valence-electron chi connectivity index (χ0n) is 27.1. The Bertz CT molecular complexity index is 1610. The van der Waals surface area contributed by atoms with E-state index in [1.54, 1.807) is 6.08 Å². The summed E-state index contributed by atoms with van der Waals surface area (Å²) in [6, 6.07) is 16.2. The molecule has 1 aliphatic carbocycles. The second-order valence-electron chi connectivity index (χ2n) is 12.1. The third-order valence-electron chi connectivity index (χ3n) is 8.64. The molecule has 2 aromatic heterocycles. The smallest absolute Gasteiger partial charge is 0.243 e. The van der Waals surface area contributed by atoms with Crippen LogP contribution in [0.15, 0.2) is 54.6 Å². The molecular weight excluding hydrogens is 558 g/mol. The van der Waals surface area contributed by atoms with Gasteiger partial charge in [0, 0.05) is 35.9 Å². The molecule has 0 radical (unpaired) electrons. The van der Waals surface area contributed by atoms with Crippen LogP contribution in [-0.4, -0.2) is 33.9 Å². The average molecular weight is 606 g/mol. The highest BCUT2D eigenvalue weighted by Crippen LogP contribution is 2.33. The maximum Gasteiger partial charge on any atom is 0.243 e. The van der Waals surface area contributed by atoms with Gasteiger partial charge in [0.05, 0.1) is 28.3 Å². The Balaban J connectivity index is 0.930.